The number of aromatic nitrogens is 1. The Morgan fingerprint density at radius 1 is 1.32 bits per heavy atom. The van der Waals surface area contributed by atoms with Crippen LogP contribution < -0.4 is 0 Å². The SMILES string of the molecule is Cc1nc(CN2CCN(C(=O)CCS)CC2)oc1C. The highest BCUT2D eigenvalue weighted by molar-refractivity contribution is 7.80. The van der Waals surface area contributed by atoms with Crippen LogP contribution in [0.5, 0.6) is 0 Å². The largest absolute Gasteiger partial charge is 0.444 e. The zero-order chi connectivity index (χ0) is 13.8. The van der Waals surface area contributed by atoms with E-state index < -0.39 is 0 Å². The van der Waals surface area contributed by atoms with E-state index in [0.717, 1.165) is 50.1 Å². The summed E-state index contributed by atoms with van der Waals surface area (Å²) in [6.45, 7) is 7.92. The minimum atomic E-state index is 0.206. The molecule has 0 aliphatic carbocycles. The van der Waals surface area contributed by atoms with Crippen molar-refractivity contribution in [1.82, 2.24) is 14.8 Å². The van der Waals surface area contributed by atoms with Gasteiger partial charge in [-0.05, 0) is 19.6 Å². The fourth-order valence-corrected chi connectivity index (χ4v) is 2.40. The van der Waals surface area contributed by atoms with E-state index in [1.807, 2.05) is 18.7 Å². The Labute approximate surface area is 119 Å². The molecule has 1 aliphatic heterocycles. The number of hydrogen-bond donors (Lipinski definition) is 1. The van der Waals surface area contributed by atoms with Crippen LogP contribution >= 0.6 is 12.6 Å². The van der Waals surface area contributed by atoms with Gasteiger partial charge in [-0.15, -0.1) is 0 Å². The van der Waals surface area contributed by atoms with Gasteiger partial charge in [0.15, 0.2) is 0 Å². The Morgan fingerprint density at radius 3 is 2.53 bits per heavy atom. The Bertz CT molecular complexity index is 420. The smallest absolute Gasteiger partial charge is 0.223 e. The van der Waals surface area contributed by atoms with E-state index >= 15 is 0 Å². The third-order valence-electron chi connectivity index (χ3n) is 3.48. The number of carbonyl (C=O) groups is 1. The zero-order valence-electron chi connectivity index (χ0n) is 11.6. The number of carbonyl (C=O) groups excluding carboxylic acids is 1. The molecular weight excluding hydrogens is 262 g/mol. The minimum Gasteiger partial charge on any atom is -0.444 e. The lowest BCUT2D eigenvalue weighted by Gasteiger charge is -2.34. The molecule has 1 aliphatic rings. The second-order valence-electron chi connectivity index (χ2n) is 4.88. The van der Waals surface area contributed by atoms with Crippen LogP contribution in [0.15, 0.2) is 4.42 Å². The number of rotatable bonds is 4. The molecule has 0 unspecified atom stereocenters. The molecule has 0 bridgehead atoms. The van der Waals surface area contributed by atoms with Gasteiger partial charge in [0.25, 0.3) is 0 Å². The van der Waals surface area contributed by atoms with Gasteiger partial charge in [-0.25, -0.2) is 4.98 Å². The van der Waals surface area contributed by atoms with E-state index in [0.29, 0.717) is 12.2 Å². The summed E-state index contributed by atoms with van der Waals surface area (Å²) in [5.74, 6) is 2.48. The topological polar surface area (TPSA) is 49.6 Å². The lowest BCUT2D eigenvalue weighted by atomic mass is 10.3. The highest BCUT2D eigenvalue weighted by atomic mass is 32.1. The molecule has 0 N–H and O–H groups in total. The summed E-state index contributed by atoms with van der Waals surface area (Å²) in [7, 11) is 0. The predicted molar refractivity (Wildman–Crippen MR) is 76.3 cm³/mol. The standard InChI is InChI=1S/C13H21N3O2S/c1-10-11(2)18-12(14-10)9-15-4-6-16(7-5-15)13(17)3-8-19/h19H,3-9H2,1-2H3. The van der Waals surface area contributed by atoms with Gasteiger partial charge in [-0.3, -0.25) is 9.69 Å². The van der Waals surface area contributed by atoms with Gasteiger partial charge in [0.05, 0.1) is 12.2 Å². The van der Waals surface area contributed by atoms with E-state index in [1.165, 1.54) is 0 Å². The molecule has 5 nitrogen and oxygen atoms in total. The van der Waals surface area contributed by atoms with Crippen molar-refractivity contribution in [2.75, 3.05) is 31.9 Å². The highest BCUT2D eigenvalue weighted by Crippen LogP contribution is 2.12. The molecule has 0 spiro atoms. The summed E-state index contributed by atoms with van der Waals surface area (Å²) < 4.78 is 5.59. The fourth-order valence-electron chi connectivity index (χ4n) is 2.21. The molecule has 0 saturated carbocycles. The van der Waals surface area contributed by atoms with Crippen molar-refractivity contribution in [1.29, 1.82) is 0 Å². The Balaban J connectivity index is 1.82. The molecule has 1 fully saturated rings. The van der Waals surface area contributed by atoms with Crippen LogP contribution in [0.1, 0.15) is 23.8 Å². The monoisotopic (exact) mass is 283 g/mol. The zero-order valence-corrected chi connectivity index (χ0v) is 12.4. The quantitative estimate of drug-likeness (QED) is 0.845. The van der Waals surface area contributed by atoms with Crippen LogP contribution in [0, 0.1) is 13.8 Å². The van der Waals surface area contributed by atoms with Crippen molar-refractivity contribution in [2.45, 2.75) is 26.8 Å². The molecule has 19 heavy (non-hydrogen) atoms. The summed E-state index contributed by atoms with van der Waals surface area (Å²) in [4.78, 5) is 20.3. The summed E-state index contributed by atoms with van der Waals surface area (Å²) in [6.07, 6.45) is 0.529. The van der Waals surface area contributed by atoms with Gasteiger partial charge >= 0.3 is 0 Å². The average Bonchev–Trinajstić information content (AvgIpc) is 2.69. The second kappa shape index (κ2) is 6.43. The van der Waals surface area contributed by atoms with Crippen LogP contribution in [-0.2, 0) is 11.3 Å². The molecule has 2 heterocycles. The molecule has 0 atom stereocenters. The lowest BCUT2D eigenvalue weighted by Crippen LogP contribution is -2.48. The molecule has 1 saturated heterocycles. The molecule has 2 rings (SSSR count). The lowest BCUT2D eigenvalue weighted by molar-refractivity contribution is -0.132. The molecule has 1 aromatic rings. The van der Waals surface area contributed by atoms with Crippen LogP contribution in [0.2, 0.25) is 0 Å². The van der Waals surface area contributed by atoms with Crippen molar-refractivity contribution in [3.63, 3.8) is 0 Å². The highest BCUT2D eigenvalue weighted by Gasteiger charge is 2.21. The van der Waals surface area contributed by atoms with Crippen LogP contribution in [0.4, 0.5) is 0 Å². The third kappa shape index (κ3) is 3.73. The van der Waals surface area contributed by atoms with Crippen molar-refractivity contribution in [3.05, 3.63) is 17.3 Å². The fraction of sp³-hybridized carbons (Fsp3) is 0.692. The van der Waals surface area contributed by atoms with E-state index in [9.17, 15) is 4.79 Å². The Kier molecular flexibility index (Phi) is 4.87. The first-order valence-electron chi connectivity index (χ1n) is 6.64. The maximum Gasteiger partial charge on any atom is 0.223 e. The van der Waals surface area contributed by atoms with Gasteiger partial charge in [0.1, 0.15) is 5.76 Å². The first-order chi connectivity index (χ1) is 9.10. The van der Waals surface area contributed by atoms with Gasteiger partial charge in [-0.1, -0.05) is 0 Å². The summed E-state index contributed by atoms with van der Waals surface area (Å²) in [6, 6.07) is 0. The first kappa shape index (κ1) is 14.4. The van der Waals surface area contributed by atoms with Gasteiger partial charge < -0.3 is 9.32 Å². The van der Waals surface area contributed by atoms with Crippen LogP contribution in [-0.4, -0.2) is 52.6 Å². The molecule has 0 aromatic carbocycles. The summed E-state index contributed by atoms with van der Waals surface area (Å²) in [5.41, 5.74) is 0.956. The van der Waals surface area contributed by atoms with Crippen molar-refractivity contribution >= 4 is 18.5 Å². The number of piperazine rings is 1. The molecule has 106 valence electrons. The normalized spacial score (nSPS) is 16.9. The van der Waals surface area contributed by atoms with E-state index in [4.69, 9.17) is 4.42 Å². The van der Waals surface area contributed by atoms with Gasteiger partial charge in [0.2, 0.25) is 11.8 Å². The summed E-state index contributed by atoms with van der Waals surface area (Å²) >= 11 is 4.10. The van der Waals surface area contributed by atoms with Gasteiger partial charge in [-0.2, -0.15) is 12.6 Å². The number of amides is 1. The molecular formula is C13H21N3O2S. The van der Waals surface area contributed by atoms with Crippen molar-refractivity contribution in [2.24, 2.45) is 0 Å². The Hall–Kier alpha value is -1.01. The predicted octanol–water partition coefficient (Wildman–Crippen LogP) is 1.26. The Morgan fingerprint density at radius 2 is 2.00 bits per heavy atom. The maximum absolute atomic E-state index is 11.7. The van der Waals surface area contributed by atoms with Crippen LogP contribution in [0.25, 0.3) is 0 Å². The number of hydrogen-bond acceptors (Lipinski definition) is 5. The number of thiol groups is 1. The van der Waals surface area contributed by atoms with E-state index in [2.05, 4.69) is 22.5 Å². The molecule has 1 aromatic heterocycles. The van der Waals surface area contributed by atoms with Crippen LogP contribution in [0.3, 0.4) is 0 Å². The average molecular weight is 283 g/mol. The van der Waals surface area contributed by atoms with Crippen molar-refractivity contribution < 1.29 is 9.21 Å². The maximum atomic E-state index is 11.7. The number of aryl methyl sites for hydroxylation is 2. The molecule has 0 radical (unpaired) electrons. The first-order valence-corrected chi connectivity index (χ1v) is 7.27. The molecule has 6 heteroatoms. The molecule has 1 amide bonds. The van der Waals surface area contributed by atoms with Gasteiger partial charge in [0, 0.05) is 32.6 Å². The third-order valence-corrected chi connectivity index (χ3v) is 3.71. The van der Waals surface area contributed by atoms with E-state index in [-0.39, 0.29) is 5.91 Å². The number of nitrogens with zero attached hydrogens (tertiary/aromatic N) is 3. The van der Waals surface area contributed by atoms with Crippen molar-refractivity contribution in [3.8, 4) is 0 Å². The second-order valence-corrected chi connectivity index (χ2v) is 5.33. The summed E-state index contributed by atoms with van der Waals surface area (Å²) in [5, 5.41) is 0. The minimum absolute atomic E-state index is 0.206. The van der Waals surface area contributed by atoms with E-state index in [1.54, 1.807) is 0 Å². The number of oxazole rings is 1.